The van der Waals surface area contributed by atoms with E-state index in [1.807, 2.05) is 0 Å². The number of nitrogens with two attached hydrogens (primary N) is 1. The van der Waals surface area contributed by atoms with Gasteiger partial charge in [-0.1, -0.05) is 13.8 Å². The molecule has 1 aromatic carbocycles. The molecule has 0 radical (unpaired) electrons. The van der Waals surface area contributed by atoms with E-state index in [2.05, 4.69) is 19.2 Å². The van der Waals surface area contributed by atoms with Gasteiger partial charge in [0.05, 0.1) is 11.4 Å². The molecule has 1 rings (SSSR count). The molecule has 0 saturated carbocycles. The van der Waals surface area contributed by atoms with E-state index < -0.39 is 5.82 Å². The molecule has 0 aliphatic heterocycles. The smallest absolute Gasteiger partial charge is 0.250 e. The van der Waals surface area contributed by atoms with Crippen molar-refractivity contribution in [3.8, 4) is 0 Å². The van der Waals surface area contributed by atoms with Gasteiger partial charge in [-0.25, -0.2) is 4.39 Å². The number of hydrogen-bond donors (Lipinski definition) is 2. The van der Waals surface area contributed by atoms with Crippen LogP contribution in [0.4, 0.5) is 15.8 Å². The molecule has 0 fully saturated rings. The standard InChI is InChI=1S/C14H21FN2O2/c1-10(2)4-3-7-19-9-14(18)17-13-8-11(15)5-6-12(13)16/h5-6,8,10H,3-4,7,9,16H2,1-2H3,(H,17,18). The number of halogens is 1. The fourth-order valence-corrected chi connectivity index (χ4v) is 1.58. The molecule has 0 saturated heterocycles. The summed E-state index contributed by atoms with van der Waals surface area (Å²) in [5.41, 5.74) is 6.23. The van der Waals surface area contributed by atoms with E-state index in [9.17, 15) is 9.18 Å². The third-order valence-electron chi connectivity index (χ3n) is 2.59. The lowest BCUT2D eigenvalue weighted by atomic mass is 10.1. The quantitative estimate of drug-likeness (QED) is 0.590. The van der Waals surface area contributed by atoms with Crippen LogP contribution in [-0.4, -0.2) is 19.1 Å². The molecular weight excluding hydrogens is 247 g/mol. The van der Waals surface area contributed by atoms with Crippen LogP contribution in [0.1, 0.15) is 26.7 Å². The molecular formula is C14H21FN2O2. The molecule has 4 nitrogen and oxygen atoms in total. The van der Waals surface area contributed by atoms with Gasteiger partial charge in [0.2, 0.25) is 5.91 Å². The molecule has 0 heterocycles. The molecule has 0 unspecified atom stereocenters. The molecule has 3 N–H and O–H groups in total. The summed E-state index contributed by atoms with van der Waals surface area (Å²) < 4.78 is 18.2. The Morgan fingerprint density at radius 2 is 2.21 bits per heavy atom. The van der Waals surface area contributed by atoms with Crippen molar-refractivity contribution >= 4 is 17.3 Å². The summed E-state index contributed by atoms with van der Waals surface area (Å²) in [4.78, 5) is 11.6. The maximum Gasteiger partial charge on any atom is 0.250 e. The minimum absolute atomic E-state index is 0.0476. The maximum absolute atomic E-state index is 13.0. The molecule has 19 heavy (non-hydrogen) atoms. The minimum atomic E-state index is -0.442. The number of anilines is 2. The number of nitrogen functional groups attached to an aromatic ring is 1. The first-order valence-electron chi connectivity index (χ1n) is 6.41. The van der Waals surface area contributed by atoms with E-state index in [0.717, 1.165) is 12.8 Å². The average Bonchev–Trinajstić information content (AvgIpc) is 2.33. The molecule has 106 valence electrons. The average molecular weight is 268 g/mol. The van der Waals surface area contributed by atoms with Crippen molar-refractivity contribution in [3.63, 3.8) is 0 Å². The lowest BCUT2D eigenvalue weighted by Gasteiger charge is -2.09. The minimum Gasteiger partial charge on any atom is -0.397 e. The van der Waals surface area contributed by atoms with Crippen LogP contribution in [0.3, 0.4) is 0 Å². The van der Waals surface area contributed by atoms with Gasteiger partial charge in [0.25, 0.3) is 0 Å². The number of carbonyl (C=O) groups is 1. The van der Waals surface area contributed by atoms with Gasteiger partial charge in [0.15, 0.2) is 0 Å². The number of carbonyl (C=O) groups excluding carboxylic acids is 1. The summed E-state index contributed by atoms with van der Waals surface area (Å²) in [6.07, 6.45) is 1.99. The summed E-state index contributed by atoms with van der Waals surface area (Å²) in [7, 11) is 0. The van der Waals surface area contributed by atoms with Crippen LogP contribution < -0.4 is 11.1 Å². The van der Waals surface area contributed by atoms with Gasteiger partial charge in [-0.15, -0.1) is 0 Å². The van der Waals surface area contributed by atoms with E-state index in [1.54, 1.807) is 0 Å². The van der Waals surface area contributed by atoms with Crippen molar-refractivity contribution in [2.45, 2.75) is 26.7 Å². The summed E-state index contributed by atoms with van der Waals surface area (Å²) in [6.45, 7) is 4.77. The Morgan fingerprint density at radius 3 is 2.89 bits per heavy atom. The highest BCUT2D eigenvalue weighted by atomic mass is 19.1. The third-order valence-corrected chi connectivity index (χ3v) is 2.59. The van der Waals surface area contributed by atoms with Crippen LogP contribution in [0.5, 0.6) is 0 Å². The highest BCUT2D eigenvalue weighted by Gasteiger charge is 2.06. The van der Waals surface area contributed by atoms with E-state index in [0.29, 0.717) is 18.2 Å². The second-order valence-electron chi connectivity index (χ2n) is 4.87. The van der Waals surface area contributed by atoms with E-state index in [4.69, 9.17) is 10.5 Å². The van der Waals surface area contributed by atoms with Gasteiger partial charge < -0.3 is 15.8 Å². The van der Waals surface area contributed by atoms with Crippen molar-refractivity contribution in [2.24, 2.45) is 5.92 Å². The van der Waals surface area contributed by atoms with Crippen molar-refractivity contribution in [1.82, 2.24) is 0 Å². The topological polar surface area (TPSA) is 64.3 Å². The van der Waals surface area contributed by atoms with Gasteiger partial charge in [-0.05, 0) is 37.0 Å². The first-order chi connectivity index (χ1) is 8.99. The third kappa shape index (κ3) is 6.20. The SMILES string of the molecule is CC(C)CCCOCC(=O)Nc1cc(F)ccc1N. The molecule has 0 aromatic heterocycles. The van der Waals surface area contributed by atoms with Crippen molar-refractivity contribution in [3.05, 3.63) is 24.0 Å². The first-order valence-corrected chi connectivity index (χ1v) is 6.41. The number of ether oxygens (including phenoxy) is 1. The van der Waals surface area contributed by atoms with Crippen LogP contribution in [0.25, 0.3) is 0 Å². The van der Waals surface area contributed by atoms with E-state index in [1.165, 1.54) is 18.2 Å². The fraction of sp³-hybridized carbons (Fsp3) is 0.500. The maximum atomic E-state index is 13.0. The molecule has 0 aliphatic carbocycles. The second-order valence-corrected chi connectivity index (χ2v) is 4.87. The lowest BCUT2D eigenvalue weighted by molar-refractivity contribution is -0.120. The van der Waals surface area contributed by atoms with E-state index in [-0.39, 0.29) is 18.2 Å². The fourth-order valence-electron chi connectivity index (χ4n) is 1.58. The summed E-state index contributed by atoms with van der Waals surface area (Å²) >= 11 is 0. The predicted molar refractivity (Wildman–Crippen MR) is 74.3 cm³/mol. The Labute approximate surface area is 113 Å². The second kappa shape index (κ2) is 7.74. The van der Waals surface area contributed by atoms with Crippen LogP contribution in [0.15, 0.2) is 18.2 Å². The Kier molecular flexibility index (Phi) is 6.29. The van der Waals surface area contributed by atoms with Gasteiger partial charge >= 0.3 is 0 Å². The summed E-state index contributed by atoms with van der Waals surface area (Å²) in [6, 6.07) is 3.84. The van der Waals surface area contributed by atoms with Crippen LogP contribution >= 0.6 is 0 Å². The predicted octanol–water partition coefficient (Wildman–Crippen LogP) is 2.80. The highest BCUT2D eigenvalue weighted by molar-refractivity contribution is 5.94. The molecule has 0 atom stereocenters. The van der Waals surface area contributed by atoms with Gasteiger partial charge in [-0.2, -0.15) is 0 Å². The zero-order valence-corrected chi connectivity index (χ0v) is 11.4. The van der Waals surface area contributed by atoms with Crippen LogP contribution in [0, 0.1) is 11.7 Å². The van der Waals surface area contributed by atoms with Gasteiger partial charge in [0, 0.05) is 6.61 Å². The number of hydrogen-bond acceptors (Lipinski definition) is 3. The molecule has 5 heteroatoms. The molecule has 0 spiro atoms. The number of benzene rings is 1. The Morgan fingerprint density at radius 1 is 1.47 bits per heavy atom. The van der Waals surface area contributed by atoms with Gasteiger partial charge in [-0.3, -0.25) is 4.79 Å². The molecule has 0 bridgehead atoms. The van der Waals surface area contributed by atoms with Crippen LogP contribution in [-0.2, 0) is 9.53 Å². The Bertz CT molecular complexity index is 422. The lowest BCUT2D eigenvalue weighted by Crippen LogP contribution is -2.19. The van der Waals surface area contributed by atoms with Crippen LogP contribution in [0.2, 0.25) is 0 Å². The Balaban J connectivity index is 2.29. The zero-order chi connectivity index (χ0) is 14.3. The first kappa shape index (κ1) is 15.4. The van der Waals surface area contributed by atoms with Crippen molar-refractivity contribution < 1.29 is 13.9 Å². The molecule has 1 amide bonds. The number of rotatable bonds is 7. The highest BCUT2D eigenvalue weighted by Crippen LogP contribution is 2.18. The largest absolute Gasteiger partial charge is 0.397 e. The van der Waals surface area contributed by atoms with E-state index >= 15 is 0 Å². The van der Waals surface area contributed by atoms with Crippen molar-refractivity contribution in [1.29, 1.82) is 0 Å². The van der Waals surface area contributed by atoms with Crippen molar-refractivity contribution in [2.75, 3.05) is 24.3 Å². The number of nitrogens with one attached hydrogen (secondary N) is 1. The Hall–Kier alpha value is -1.62. The summed E-state index contributed by atoms with van der Waals surface area (Å²) in [5.74, 6) is -0.145. The number of amides is 1. The summed E-state index contributed by atoms with van der Waals surface area (Å²) in [5, 5.41) is 2.52. The zero-order valence-electron chi connectivity index (χ0n) is 11.4. The normalized spacial score (nSPS) is 10.7. The van der Waals surface area contributed by atoms with Gasteiger partial charge in [0.1, 0.15) is 12.4 Å². The molecule has 0 aliphatic rings. The monoisotopic (exact) mass is 268 g/mol. The molecule has 1 aromatic rings.